The first kappa shape index (κ1) is 14.4. The van der Waals surface area contributed by atoms with Crippen molar-refractivity contribution in [2.45, 2.75) is 30.7 Å². The topological polar surface area (TPSA) is 63.4 Å². The van der Waals surface area contributed by atoms with Crippen molar-refractivity contribution in [2.24, 2.45) is 11.7 Å². The van der Waals surface area contributed by atoms with E-state index < -0.39 is 10.0 Å². The van der Waals surface area contributed by atoms with E-state index >= 15 is 0 Å². The van der Waals surface area contributed by atoms with Crippen LogP contribution in [0.25, 0.3) is 0 Å². The van der Waals surface area contributed by atoms with Crippen molar-refractivity contribution in [2.75, 3.05) is 7.05 Å². The second kappa shape index (κ2) is 5.19. The van der Waals surface area contributed by atoms with Crippen molar-refractivity contribution in [3.05, 3.63) is 29.8 Å². The van der Waals surface area contributed by atoms with Crippen LogP contribution in [0.5, 0.6) is 0 Å². The van der Waals surface area contributed by atoms with Gasteiger partial charge in [-0.2, -0.15) is 4.31 Å². The summed E-state index contributed by atoms with van der Waals surface area (Å²) >= 11 is 4.85. The third kappa shape index (κ3) is 2.96. The fraction of sp³-hybridized carbons (Fsp3) is 0.462. The summed E-state index contributed by atoms with van der Waals surface area (Å²) in [6.07, 6.45) is 2.23. The molecule has 0 bridgehead atoms. The summed E-state index contributed by atoms with van der Waals surface area (Å²) in [6, 6.07) is 6.44. The van der Waals surface area contributed by atoms with Gasteiger partial charge in [0.25, 0.3) is 0 Å². The Hall–Kier alpha value is -0.980. The highest BCUT2D eigenvalue weighted by molar-refractivity contribution is 7.89. The molecule has 0 spiro atoms. The van der Waals surface area contributed by atoms with Crippen molar-refractivity contribution in [3.8, 4) is 0 Å². The summed E-state index contributed by atoms with van der Waals surface area (Å²) in [5.74, 6) is 0.496. The van der Waals surface area contributed by atoms with Gasteiger partial charge in [0.2, 0.25) is 10.0 Å². The van der Waals surface area contributed by atoms with Gasteiger partial charge in [0.05, 0.1) is 4.90 Å². The molecule has 1 fully saturated rings. The number of nitrogens with zero attached hydrogens (tertiary/aromatic N) is 1. The summed E-state index contributed by atoms with van der Waals surface area (Å²) in [4.78, 5) is 0.547. The second-order valence-electron chi connectivity index (χ2n) is 4.99. The maximum absolute atomic E-state index is 12.4. The first-order chi connectivity index (χ1) is 8.84. The maximum Gasteiger partial charge on any atom is 0.243 e. The zero-order valence-corrected chi connectivity index (χ0v) is 12.7. The monoisotopic (exact) mass is 298 g/mol. The van der Waals surface area contributed by atoms with Gasteiger partial charge < -0.3 is 5.73 Å². The molecule has 1 unspecified atom stereocenters. The third-order valence-electron chi connectivity index (χ3n) is 3.69. The standard InChI is InChI=1S/C13H18N2O2S2/c1-9(10-3-4-10)15(2)19(16,17)12-7-5-11(6-8-12)13(14)18/h5-10H,3-4H2,1-2H3,(H2,14,18). The molecular formula is C13H18N2O2S2. The average molecular weight is 298 g/mol. The first-order valence-corrected chi connectivity index (χ1v) is 8.07. The van der Waals surface area contributed by atoms with Crippen molar-refractivity contribution >= 4 is 27.2 Å². The molecule has 4 nitrogen and oxygen atoms in total. The van der Waals surface area contributed by atoms with E-state index in [2.05, 4.69) is 0 Å². The minimum absolute atomic E-state index is 0.0419. The van der Waals surface area contributed by atoms with Crippen LogP contribution in [0, 0.1) is 5.92 Å². The minimum Gasteiger partial charge on any atom is -0.389 e. The molecule has 2 N–H and O–H groups in total. The predicted molar refractivity (Wildman–Crippen MR) is 79.5 cm³/mol. The van der Waals surface area contributed by atoms with Gasteiger partial charge in [-0.25, -0.2) is 8.42 Å². The average Bonchev–Trinajstić information content (AvgIpc) is 3.21. The van der Waals surface area contributed by atoms with E-state index in [0.717, 1.165) is 12.8 Å². The first-order valence-electron chi connectivity index (χ1n) is 6.22. The number of hydrogen-bond acceptors (Lipinski definition) is 3. The van der Waals surface area contributed by atoms with Crippen LogP contribution in [-0.2, 0) is 10.0 Å². The van der Waals surface area contributed by atoms with E-state index in [1.165, 1.54) is 4.31 Å². The summed E-state index contributed by atoms with van der Waals surface area (Å²) < 4.78 is 26.4. The Morgan fingerprint density at radius 2 is 1.89 bits per heavy atom. The van der Waals surface area contributed by atoms with E-state index in [0.29, 0.717) is 11.5 Å². The fourth-order valence-electron chi connectivity index (χ4n) is 2.05. The summed E-state index contributed by atoms with van der Waals surface area (Å²) in [5.41, 5.74) is 6.17. The number of rotatable bonds is 5. The molecule has 1 atom stereocenters. The van der Waals surface area contributed by atoms with Gasteiger partial charge >= 0.3 is 0 Å². The quantitative estimate of drug-likeness (QED) is 0.841. The molecule has 19 heavy (non-hydrogen) atoms. The highest BCUT2D eigenvalue weighted by atomic mass is 32.2. The molecule has 6 heteroatoms. The summed E-state index contributed by atoms with van der Waals surface area (Å²) in [5, 5.41) is 0. The van der Waals surface area contributed by atoms with Gasteiger partial charge in [-0.1, -0.05) is 24.4 Å². The van der Waals surface area contributed by atoms with Crippen molar-refractivity contribution in [3.63, 3.8) is 0 Å². The Morgan fingerprint density at radius 1 is 1.37 bits per heavy atom. The Kier molecular flexibility index (Phi) is 3.94. The normalized spacial score (nSPS) is 17.4. The lowest BCUT2D eigenvalue weighted by molar-refractivity contribution is 0.357. The van der Waals surface area contributed by atoms with E-state index in [4.69, 9.17) is 18.0 Å². The number of sulfonamides is 1. The fourth-order valence-corrected chi connectivity index (χ4v) is 3.61. The lowest BCUT2D eigenvalue weighted by Crippen LogP contribution is -2.36. The lowest BCUT2D eigenvalue weighted by Gasteiger charge is -2.24. The highest BCUT2D eigenvalue weighted by Crippen LogP contribution is 2.36. The van der Waals surface area contributed by atoms with Crippen LogP contribution in [0.4, 0.5) is 0 Å². The van der Waals surface area contributed by atoms with Crippen LogP contribution in [0.2, 0.25) is 0 Å². The molecule has 1 aliphatic rings. The van der Waals surface area contributed by atoms with Gasteiger partial charge in [-0.05, 0) is 37.8 Å². The summed E-state index contributed by atoms with van der Waals surface area (Å²) in [7, 11) is -1.80. The smallest absolute Gasteiger partial charge is 0.243 e. The number of hydrogen-bond donors (Lipinski definition) is 1. The Morgan fingerprint density at radius 3 is 2.32 bits per heavy atom. The molecule has 0 amide bonds. The zero-order chi connectivity index (χ0) is 14.2. The molecule has 1 saturated carbocycles. The third-order valence-corrected chi connectivity index (χ3v) is 5.89. The van der Waals surface area contributed by atoms with Crippen LogP contribution < -0.4 is 5.73 Å². The number of nitrogens with two attached hydrogens (primary N) is 1. The van der Waals surface area contributed by atoms with E-state index in [1.807, 2.05) is 6.92 Å². The molecule has 0 heterocycles. The Labute approximate surface area is 119 Å². The molecule has 0 aliphatic heterocycles. The summed E-state index contributed by atoms with van der Waals surface area (Å²) in [6.45, 7) is 1.96. The van der Waals surface area contributed by atoms with Gasteiger partial charge in [-0.15, -0.1) is 0 Å². The van der Waals surface area contributed by atoms with Crippen LogP contribution in [0.15, 0.2) is 29.2 Å². The highest BCUT2D eigenvalue weighted by Gasteiger charge is 2.35. The minimum atomic E-state index is -3.44. The van der Waals surface area contributed by atoms with Crippen LogP contribution in [0.1, 0.15) is 25.3 Å². The molecule has 2 rings (SSSR count). The SMILES string of the molecule is CC(C1CC1)N(C)S(=O)(=O)c1ccc(C(N)=S)cc1. The molecule has 1 aromatic rings. The van der Waals surface area contributed by atoms with Gasteiger partial charge in [0, 0.05) is 18.7 Å². The van der Waals surface area contributed by atoms with Crippen molar-refractivity contribution in [1.29, 1.82) is 0 Å². The Balaban J connectivity index is 2.25. The molecule has 1 aromatic carbocycles. The van der Waals surface area contributed by atoms with Crippen molar-refractivity contribution in [1.82, 2.24) is 4.31 Å². The molecular weight excluding hydrogens is 280 g/mol. The molecule has 1 aliphatic carbocycles. The zero-order valence-electron chi connectivity index (χ0n) is 11.0. The second-order valence-corrected chi connectivity index (χ2v) is 7.43. The molecule has 104 valence electrons. The van der Waals surface area contributed by atoms with E-state index in [1.54, 1.807) is 31.3 Å². The number of benzene rings is 1. The van der Waals surface area contributed by atoms with Crippen molar-refractivity contribution < 1.29 is 8.42 Å². The van der Waals surface area contributed by atoms with Gasteiger partial charge in [-0.3, -0.25) is 0 Å². The van der Waals surface area contributed by atoms with Crippen LogP contribution >= 0.6 is 12.2 Å². The largest absolute Gasteiger partial charge is 0.389 e. The molecule has 0 radical (unpaired) electrons. The van der Waals surface area contributed by atoms with Crippen LogP contribution in [0.3, 0.4) is 0 Å². The van der Waals surface area contributed by atoms with E-state index in [9.17, 15) is 8.42 Å². The van der Waals surface area contributed by atoms with Gasteiger partial charge in [0.1, 0.15) is 4.99 Å². The van der Waals surface area contributed by atoms with Gasteiger partial charge in [0.15, 0.2) is 0 Å². The molecule has 0 aromatic heterocycles. The molecule has 0 saturated heterocycles. The lowest BCUT2D eigenvalue weighted by atomic mass is 10.2. The Bertz CT molecular complexity index is 577. The van der Waals surface area contributed by atoms with Crippen LogP contribution in [-0.4, -0.2) is 30.8 Å². The number of thiocarbonyl (C=S) groups is 1. The maximum atomic E-state index is 12.4. The van der Waals surface area contributed by atoms with E-state index in [-0.39, 0.29) is 15.9 Å². The predicted octanol–water partition coefficient (Wildman–Crippen LogP) is 1.74.